The molecule has 35 heavy (non-hydrogen) atoms. The lowest BCUT2D eigenvalue weighted by atomic mass is 10.0. The van der Waals surface area contributed by atoms with Gasteiger partial charge in [0.05, 0.1) is 13.1 Å². The van der Waals surface area contributed by atoms with Gasteiger partial charge in [0, 0.05) is 33.4 Å². The van der Waals surface area contributed by atoms with E-state index in [0.29, 0.717) is 26.1 Å². The zero-order valence-corrected chi connectivity index (χ0v) is 21.8. The highest BCUT2D eigenvalue weighted by Gasteiger charge is 2.48. The minimum absolute atomic E-state index is 0.0135. The van der Waals surface area contributed by atoms with Crippen molar-refractivity contribution in [3.05, 3.63) is 35.9 Å². The van der Waals surface area contributed by atoms with Crippen molar-refractivity contribution in [1.82, 2.24) is 25.1 Å². The van der Waals surface area contributed by atoms with Crippen LogP contribution in [0.25, 0.3) is 0 Å². The van der Waals surface area contributed by atoms with Crippen LogP contribution in [0.1, 0.15) is 51.5 Å². The first-order valence-electron chi connectivity index (χ1n) is 12.8. The molecule has 0 spiro atoms. The molecule has 1 aromatic carbocycles. The summed E-state index contributed by atoms with van der Waals surface area (Å²) in [6, 6.07) is 9.86. The van der Waals surface area contributed by atoms with Gasteiger partial charge in [-0.3, -0.25) is 19.4 Å². The molecule has 3 amide bonds. The van der Waals surface area contributed by atoms with Crippen molar-refractivity contribution in [2.45, 2.75) is 64.7 Å². The van der Waals surface area contributed by atoms with Gasteiger partial charge < -0.3 is 19.9 Å². The molecule has 3 rings (SSSR count). The highest BCUT2D eigenvalue weighted by molar-refractivity contribution is 5.90. The van der Waals surface area contributed by atoms with Crippen molar-refractivity contribution >= 4 is 18.2 Å². The Bertz CT molecular complexity index is 778. The molecule has 0 bridgehead atoms. The molecule has 0 saturated carbocycles. The van der Waals surface area contributed by atoms with E-state index in [1.54, 1.807) is 21.9 Å². The van der Waals surface area contributed by atoms with Crippen molar-refractivity contribution < 1.29 is 19.1 Å². The number of piperazine rings is 1. The van der Waals surface area contributed by atoms with Crippen LogP contribution >= 0.6 is 0 Å². The monoisotopic (exact) mass is 489 g/mol. The van der Waals surface area contributed by atoms with Crippen molar-refractivity contribution in [2.75, 3.05) is 46.9 Å². The number of amides is 3. The number of nitrogens with one attached hydrogen (secondary N) is 1. The van der Waals surface area contributed by atoms with Crippen LogP contribution in [0.2, 0.25) is 0 Å². The number of fused-ring (bicyclic) bond motifs is 1. The summed E-state index contributed by atoms with van der Waals surface area (Å²) in [5.74, 6) is -0.106. The van der Waals surface area contributed by atoms with Crippen molar-refractivity contribution in [2.24, 2.45) is 0 Å². The maximum atomic E-state index is 12.9. The van der Waals surface area contributed by atoms with Crippen LogP contribution in [-0.4, -0.2) is 97.2 Å². The average molecular weight is 490 g/mol. The molecule has 2 heterocycles. The van der Waals surface area contributed by atoms with Crippen LogP contribution in [0.4, 0.5) is 0 Å². The zero-order chi connectivity index (χ0) is 25.6. The SMILES string of the molecule is CCCCOCCCN1CC2N(C(=O)CN(C)N2C=O)[C@@H](CCC)C1=O.CNCc1ccccc1. The highest BCUT2D eigenvalue weighted by Crippen LogP contribution is 2.26. The summed E-state index contributed by atoms with van der Waals surface area (Å²) >= 11 is 0. The molecule has 9 nitrogen and oxygen atoms in total. The van der Waals surface area contributed by atoms with Crippen LogP contribution in [0, 0.1) is 0 Å². The van der Waals surface area contributed by atoms with E-state index in [1.807, 2.05) is 32.2 Å². The Labute approximate surface area is 210 Å². The van der Waals surface area contributed by atoms with Crippen LogP contribution < -0.4 is 5.32 Å². The molecule has 2 fully saturated rings. The van der Waals surface area contributed by atoms with Gasteiger partial charge in [-0.25, -0.2) is 5.01 Å². The first-order valence-corrected chi connectivity index (χ1v) is 12.8. The summed E-state index contributed by atoms with van der Waals surface area (Å²) in [6.45, 7) is 7.50. The summed E-state index contributed by atoms with van der Waals surface area (Å²) in [6.07, 6.45) is 4.64. The van der Waals surface area contributed by atoms with E-state index in [1.165, 1.54) is 10.6 Å². The highest BCUT2D eigenvalue weighted by atomic mass is 16.5. The van der Waals surface area contributed by atoms with E-state index < -0.39 is 12.2 Å². The zero-order valence-electron chi connectivity index (χ0n) is 21.8. The Morgan fingerprint density at radius 3 is 2.43 bits per heavy atom. The average Bonchev–Trinajstić information content (AvgIpc) is 2.85. The number of hydrogen-bond donors (Lipinski definition) is 1. The molecular weight excluding hydrogens is 446 g/mol. The third-order valence-corrected chi connectivity index (χ3v) is 6.24. The van der Waals surface area contributed by atoms with Gasteiger partial charge in [-0.15, -0.1) is 0 Å². The maximum Gasteiger partial charge on any atom is 0.245 e. The van der Waals surface area contributed by atoms with E-state index in [0.717, 1.165) is 45.2 Å². The van der Waals surface area contributed by atoms with Gasteiger partial charge in [0.15, 0.2) is 0 Å². The van der Waals surface area contributed by atoms with Crippen LogP contribution in [-0.2, 0) is 25.7 Å². The molecule has 0 radical (unpaired) electrons. The quantitative estimate of drug-likeness (QED) is 0.358. The smallest absolute Gasteiger partial charge is 0.245 e. The fourth-order valence-electron chi connectivity index (χ4n) is 4.44. The van der Waals surface area contributed by atoms with Gasteiger partial charge in [-0.2, -0.15) is 0 Å². The minimum Gasteiger partial charge on any atom is -0.381 e. The number of ether oxygens (including phenoxy) is 1. The number of unbranched alkanes of at least 4 members (excludes halogenated alkanes) is 1. The lowest BCUT2D eigenvalue weighted by Crippen LogP contribution is -2.74. The number of carbonyl (C=O) groups excluding carboxylic acids is 3. The first kappa shape index (κ1) is 28.7. The van der Waals surface area contributed by atoms with Gasteiger partial charge in [-0.1, -0.05) is 57.0 Å². The topological polar surface area (TPSA) is 85.4 Å². The Morgan fingerprint density at radius 1 is 1.09 bits per heavy atom. The molecule has 9 heteroatoms. The number of benzene rings is 1. The number of nitrogens with zero attached hydrogens (tertiary/aromatic N) is 4. The van der Waals surface area contributed by atoms with E-state index >= 15 is 0 Å². The molecule has 2 atom stereocenters. The first-order chi connectivity index (χ1) is 17.0. The predicted octanol–water partition coefficient (Wildman–Crippen LogP) is 2.08. The normalized spacial score (nSPS) is 20.4. The van der Waals surface area contributed by atoms with E-state index in [2.05, 4.69) is 24.4 Å². The molecule has 196 valence electrons. The van der Waals surface area contributed by atoms with E-state index in [4.69, 9.17) is 4.74 Å². The molecule has 0 aromatic heterocycles. The molecule has 2 saturated heterocycles. The Balaban J connectivity index is 0.000000402. The second-order valence-electron chi connectivity index (χ2n) is 9.01. The minimum atomic E-state index is -0.483. The van der Waals surface area contributed by atoms with Gasteiger partial charge >= 0.3 is 0 Å². The molecular formula is C26H43N5O4. The Hall–Kier alpha value is -2.49. The van der Waals surface area contributed by atoms with E-state index in [-0.39, 0.29) is 18.4 Å². The fourth-order valence-corrected chi connectivity index (χ4v) is 4.44. The summed E-state index contributed by atoms with van der Waals surface area (Å²) in [5, 5.41) is 6.24. The molecule has 2 aliphatic heterocycles. The largest absolute Gasteiger partial charge is 0.381 e. The van der Waals surface area contributed by atoms with Gasteiger partial charge in [0.2, 0.25) is 18.2 Å². The molecule has 1 N–H and O–H groups in total. The Kier molecular flexibility index (Phi) is 12.7. The predicted molar refractivity (Wildman–Crippen MR) is 136 cm³/mol. The number of rotatable bonds is 12. The van der Waals surface area contributed by atoms with Crippen molar-refractivity contribution in [1.29, 1.82) is 0 Å². The lowest BCUT2D eigenvalue weighted by Gasteiger charge is -2.53. The Morgan fingerprint density at radius 2 is 1.80 bits per heavy atom. The van der Waals surface area contributed by atoms with E-state index in [9.17, 15) is 14.4 Å². The lowest BCUT2D eigenvalue weighted by molar-refractivity contribution is -0.196. The van der Waals surface area contributed by atoms with Gasteiger partial charge in [0.1, 0.15) is 12.2 Å². The van der Waals surface area contributed by atoms with Crippen molar-refractivity contribution in [3.8, 4) is 0 Å². The van der Waals surface area contributed by atoms with Crippen molar-refractivity contribution in [3.63, 3.8) is 0 Å². The second-order valence-corrected chi connectivity index (χ2v) is 9.01. The van der Waals surface area contributed by atoms with Gasteiger partial charge in [-0.05, 0) is 31.9 Å². The molecule has 2 aliphatic rings. The van der Waals surface area contributed by atoms with Crippen LogP contribution in [0.3, 0.4) is 0 Å². The fraction of sp³-hybridized carbons (Fsp3) is 0.654. The number of hydrazine groups is 1. The van der Waals surface area contributed by atoms with Gasteiger partial charge in [0.25, 0.3) is 0 Å². The summed E-state index contributed by atoms with van der Waals surface area (Å²) in [7, 11) is 3.67. The summed E-state index contributed by atoms with van der Waals surface area (Å²) in [4.78, 5) is 40.5. The maximum absolute atomic E-state index is 12.9. The van der Waals surface area contributed by atoms with Crippen LogP contribution in [0.5, 0.6) is 0 Å². The molecule has 1 aromatic rings. The number of hydrogen-bond acceptors (Lipinski definition) is 6. The molecule has 1 unspecified atom stereocenters. The summed E-state index contributed by atoms with van der Waals surface area (Å²) < 4.78 is 5.58. The molecule has 0 aliphatic carbocycles. The summed E-state index contributed by atoms with van der Waals surface area (Å²) in [5.41, 5.74) is 1.33. The number of carbonyl (C=O) groups is 3. The number of likely N-dealkylation sites (N-methyl/N-ethyl adjacent to an activating group) is 1. The van der Waals surface area contributed by atoms with Crippen LogP contribution in [0.15, 0.2) is 30.3 Å². The third kappa shape index (κ3) is 8.30. The third-order valence-electron chi connectivity index (χ3n) is 6.24. The second kappa shape index (κ2) is 15.5. The standard InChI is InChI=1S/C18H32N4O4.C8H11N/c1-4-6-10-26-11-7-9-20-12-16-21(14-23)19(3)13-17(24)22(16)15(8-5-2)18(20)25;1-9-7-8-5-3-2-4-6-8/h14-16H,4-13H2,1-3H3;2-6,9H,7H2,1H3/t15-,16?;/m0./s1.